The molecular weight excluding hydrogens is 408 g/mol. The number of hydrogen-bond acceptors (Lipinski definition) is 1. The molecule has 2 aromatic rings. The fourth-order valence-electron chi connectivity index (χ4n) is 5.61. The molecule has 0 aliphatic heterocycles. The maximum atomic E-state index is 6.00. The zero-order chi connectivity index (χ0) is 22.8. The second-order valence-electron chi connectivity index (χ2n) is 12.0. The molecule has 1 heterocycles. The van der Waals surface area contributed by atoms with Gasteiger partial charge in [0.2, 0.25) is 0 Å². The van der Waals surface area contributed by atoms with E-state index in [0.717, 1.165) is 12.2 Å². The number of fused-ring (bicyclic) bond motifs is 1. The highest BCUT2D eigenvalue weighted by molar-refractivity contribution is 6.90. The Labute approximate surface area is 191 Å². The van der Waals surface area contributed by atoms with Crippen LogP contribution in [0.1, 0.15) is 56.5 Å². The van der Waals surface area contributed by atoms with E-state index in [1.165, 1.54) is 22.3 Å². The second-order valence-corrected chi connectivity index (χ2v) is 21.7. The van der Waals surface area contributed by atoms with Crippen molar-refractivity contribution in [3.8, 4) is 0 Å². The van der Waals surface area contributed by atoms with Gasteiger partial charge in [0.25, 0.3) is 0 Å². The third-order valence-corrected chi connectivity index (χ3v) is 13.6. The summed E-state index contributed by atoms with van der Waals surface area (Å²) in [4.78, 5) is 0. The van der Waals surface area contributed by atoms with Gasteiger partial charge in [-0.15, -0.1) is 0 Å². The zero-order valence-electron chi connectivity index (χ0n) is 20.8. The molecular formula is C28H38OSi2. The largest absolute Gasteiger partial charge is 0.465 e. The summed E-state index contributed by atoms with van der Waals surface area (Å²) >= 11 is 0. The predicted octanol–water partition coefficient (Wildman–Crippen LogP) is 7.94. The average Bonchev–Trinajstić information content (AvgIpc) is 3.37. The van der Waals surface area contributed by atoms with Crippen LogP contribution in [0.2, 0.25) is 32.7 Å². The van der Waals surface area contributed by atoms with Gasteiger partial charge < -0.3 is 4.42 Å². The number of hydrogen-bond donors (Lipinski definition) is 0. The van der Waals surface area contributed by atoms with Gasteiger partial charge in [-0.3, -0.25) is 0 Å². The van der Waals surface area contributed by atoms with Gasteiger partial charge in [-0.2, -0.15) is 0 Å². The third-order valence-electron chi connectivity index (χ3n) is 7.37. The van der Waals surface area contributed by atoms with Gasteiger partial charge in [0.1, 0.15) is 5.76 Å². The monoisotopic (exact) mass is 446 g/mol. The summed E-state index contributed by atoms with van der Waals surface area (Å²) in [5.74, 6) is 1.04. The van der Waals surface area contributed by atoms with Crippen molar-refractivity contribution in [3.05, 3.63) is 75.9 Å². The highest BCUT2D eigenvalue weighted by Crippen LogP contribution is 2.52. The lowest BCUT2D eigenvalue weighted by molar-refractivity contribution is 0.495. The van der Waals surface area contributed by atoms with E-state index >= 15 is 0 Å². The molecule has 1 nitrogen and oxygen atoms in total. The Hall–Kier alpha value is -1.85. The summed E-state index contributed by atoms with van der Waals surface area (Å²) in [7, 11) is -3.31. The van der Waals surface area contributed by atoms with Gasteiger partial charge in [0, 0.05) is 11.1 Å². The highest BCUT2D eigenvalue weighted by Gasteiger charge is 2.46. The Kier molecular flexibility index (Phi) is 5.30. The van der Waals surface area contributed by atoms with Crippen molar-refractivity contribution in [1.29, 1.82) is 0 Å². The number of furan rings is 1. The summed E-state index contributed by atoms with van der Waals surface area (Å²) in [6.45, 7) is 21.9. The van der Waals surface area contributed by atoms with E-state index in [-0.39, 0.29) is 5.41 Å². The summed E-state index contributed by atoms with van der Waals surface area (Å²) < 4.78 is 6.00. The molecule has 31 heavy (non-hydrogen) atoms. The normalized spacial score (nSPS) is 19.6. The quantitative estimate of drug-likeness (QED) is 0.434. The molecule has 1 atom stereocenters. The van der Waals surface area contributed by atoms with Crippen LogP contribution in [-0.2, 0) is 0 Å². The minimum Gasteiger partial charge on any atom is -0.465 e. The molecule has 1 aromatic heterocycles. The van der Waals surface area contributed by atoms with Gasteiger partial charge in [-0.1, -0.05) is 99.3 Å². The molecule has 1 aromatic carbocycles. The van der Waals surface area contributed by atoms with Crippen LogP contribution in [0, 0.1) is 5.41 Å². The van der Waals surface area contributed by atoms with E-state index < -0.39 is 16.1 Å². The molecule has 0 fully saturated rings. The van der Waals surface area contributed by atoms with Crippen molar-refractivity contribution >= 4 is 33.0 Å². The van der Waals surface area contributed by atoms with Crippen LogP contribution in [0.15, 0.2) is 63.4 Å². The molecule has 0 N–H and O–H groups in total. The molecule has 0 saturated heterocycles. The standard InChI is InChI=1S/C28H38OSi2/c1-19-16-20(28(2,3)4)17-26(19)31(8,9)27-21-12-10-14-25(30(5,6)7)22(21)18-23(27)24-13-11-15-29-24/h10-16,18,27H,17H2,1-9H3. The first-order chi connectivity index (χ1) is 14.3. The molecule has 164 valence electrons. The van der Waals surface area contributed by atoms with Crippen LogP contribution in [0.25, 0.3) is 11.6 Å². The number of benzene rings is 1. The molecule has 0 saturated carbocycles. The lowest BCUT2D eigenvalue weighted by atomic mass is 9.86. The summed E-state index contributed by atoms with van der Waals surface area (Å²) in [6.07, 6.45) is 7.92. The molecule has 0 spiro atoms. The van der Waals surface area contributed by atoms with E-state index in [2.05, 4.69) is 96.8 Å². The van der Waals surface area contributed by atoms with E-state index in [0.29, 0.717) is 5.54 Å². The van der Waals surface area contributed by atoms with Crippen molar-refractivity contribution in [1.82, 2.24) is 0 Å². The second kappa shape index (κ2) is 7.35. The molecule has 0 radical (unpaired) electrons. The summed E-state index contributed by atoms with van der Waals surface area (Å²) in [6, 6.07) is 11.3. The molecule has 1 unspecified atom stereocenters. The maximum Gasteiger partial charge on any atom is 0.130 e. The first-order valence-electron chi connectivity index (χ1n) is 11.6. The molecule has 2 aliphatic rings. The summed E-state index contributed by atoms with van der Waals surface area (Å²) in [5.41, 5.74) is 8.17. The van der Waals surface area contributed by atoms with Crippen LogP contribution in [0.5, 0.6) is 0 Å². The first kappa shape index (κ1) is 22.4. The van der Waals surface area contributed by atoms with Crippen LogP contribution >= 0.6 is 0 Å². The van der Waals surface area contributed by atoms with Crippen LogP contribution in [0.3, 0.4) is 0 Å². The Morgan fingerprint density at radius 2 is 1.65 bits per heavy atom. The van der Waals surface area contributed by atoms with E-state index in [9.17, 15) is 0 Å². The van der Waals surface area contributed by atoms with Crippen molar-refractivity contribution < 1.29 is 4.42 Å². The van der Waals surface area contributed by atoms with Crippen molar-refractivity contribution in [2.75, 3.05) is 0 Å². The average molecular weight is 447 g/mol. The van der Waals surface area contributed by atoms with Gasteiger partial charge in [0.15, 0.2) is 0 Å². The van der Waals surface area contributed by atoms with E-state index in [1.807, 2.05) is 12.3 Å². The minimum absolute atomic E-state index is 0.228. The molecule has 0 bridgehead atoms. The maximum absolute atomic E-state index is 6.00. The first-order valence-corrected chi connectivity index (χ1v) is 18.2. The van der Waals surface area contributed by atoms with Gasteiger partial charge >= 0.3 is 0 Å². The Bertz CT molecular complexity index is 1100. The van der Waals surface area contributed by atoms with Crippen LogP contribution < -0.4 is 5.19 Å². The Morgan fingerprint density at radius 3 is 2.19 bits per heavy atom. The third kappa shape index (κ3) is 3.80. The molecule has 3 heteroatoms. The summed E-state index contributed by atoms with van der Waals surface area (Å²) in [5, 5.41) is 3.29. The topological polar surface area (TPSA) is 13.1 Å². The molecule has 2 aliphatic carbocycles. The fraction of sp³-hybridized carbons (Fsp3) is 0.429. The molecule has 0 amide bonds. The van der Waals surface area contributed by atoms with Crippen LogP contribution in [0.4, 0.5) is 0 Å². The molecule has 4 rings (SSSR count). The number of allylic oxidation sites excluding steroid dienone is 5. The zero-order valence-corrected chi connectivity index (χ0v) is 22.8. The van der Waals surface area contributed by atoms with Crippen molar-refractivity contribution in [2.45, 2.75) is 72.4 Å². The van der Waals surface area contributed by atoms with Crippen molar-refractivity contribution in [2.24, 2.45) is 5.41 Å². The van der Waals surface area contributed by atoms with E-state index in [1.54, 1.807) is 16.0 Å². The Balaban J connectivity index is 1.86. The van der Waals surface area contributed by atoms with Gasteiger partial charge in [-0.25, -0.2) is 0 Å². The Morgan fingerprint density at radius 1 is 0.935 bits per heavy atom. The van der Waals surface area contributed by atoms with E-state index in [4.69, 9.17) is 4.42 Å². The minimum atomic E-state index is -1.86. The fourth-order valence-corrected chi connectivity index (χ4v) is 11.3. The predicted molar refractivity (Wildman–Crippen MR) is 141 cm³/mol. The van der Waals surface area contributed by atoms with Crippen molar-refractivity contribution in [3.63, 3.8) is 0 Å². The van der Waals surface area contributed by atoms with Crippen LogP contribution in [-0.4, -0.2) is 16.1 Å². The highest BCUT2D eigenvalue weighted by atomic mass is 28.3. The number of rotatable bonds is 4. The van der Waals surface area contributed by atoms with Gasteiger partial charge in [0.05, 0.1) is 22.4 Å². The smallest absolute Gasteiger partial charge is 0.130 e. The lowest BCUT2D eigenvalue weighted by Crippen LogP contribution is -2.41. The SMILES string of the molecule is CC1=C([Si](C)(C)C2C(c3ccco3)=Cc3c2cccc3[Si](C)(C)C)CC(C(C)(C)C)=C1. The van der Waals surface area contributed by atoms with Gasteiger partial charge in [-0.05, 0) is 48.1 Å². The lowest BCUT2D eigenvalue weighted by Gasteiger charge is -2.36.